The molecule has 0 fully saturated rings. The standard InChI is InChI=1S/C21H27ClN2O/c1-6-9-17(10-7-2)14(3)13-15(4)24-16(5)23-21(25)20-18(22)11-8-12-19(20)24/h8,11-13,17H,4,6-7,9-10H2,1-3,5H3/b14-13+. The maximum atomic E-state index is 12.2. The van der Waals surface area contributed by atoms with E-state index < -0.39 is 0 Å². The van der Waals surface area contributed by atoms with Crippen LogP contribution in [-0.2, 0) is 0 Å². The summed E-state index contributed by atoms with van der Waals surface area (Å²) in [4.78, 5) is 16.4. The predicted octanol–water partition coefficient (Wildman–Crippen LogP) is 5.99. The van der Waals surface area contributed by atoms with Crippen LogP contribution in [0.4, 0.5) is 0 Å². The molecule has 1 aromatic heterocycles. The lowest BCUT2D eigenvalue weighted by Crippen LogP contribution is -2.16. The van der Waals surface area contributed by atoms with Crippen LogP contribution in [0, 0.1) is 12.8 Å². The molecule has 0 radical (unpaired) electrons. The van der Waals surface area contributed by atoms with E-state index in [4.69, 9.17) is 11.6 Å². The molecule has 1 aromatic carbocycles. The molecule has 3 nitrogen and oxygen atoms in total. The van der Waals surface area contributed by atoms with Crippen LogP contribution in [0.3, 0.4) is 0 Å². The van der Waals surface area contributed by atoms with E-state index in [1.807, 2.05) is 23.6 Å². The highest BCUT2D eigenvalue weighted by Gasteiger charge is 2.14. The van der Waals surface area contributed by atoms with Crippen molar-refractivity contribution in [3.05, 3.63) is 57.6 Å². The first-order valence-corrected chi connectivity index (χ1v) is 9.33. The number of fused-ring (bicyclic) bond motifs is 1. The molecule has 0 N–H and O–H groups in total. The summed E-state index contributed by atoms with van der Waals surface area (Å²) in [6.07, 6.45) is 6.81. The zero-order valence-electron chi connectivity index (χ0n) is 15.6. The molecule has 0 saturated heterocycles. The summed E-state index contributed by atoms with van der Waals surface area (Å²) in [7, 11) is 0. The van der Waals surface area contributed by atoms with Gasteiger partial charge in [0, 0.05) is 5.70 Å². The lowest BCUT2D eigenvalue weighted by molar-refractivity contribution is 0.504. The molecule has 4 heteroatoms. The van der Waals surface area contributed by atoms with Crippen LogP contribution in [0.15, 0.2) is 41.2 Å². The second-order valence-corrected chi connectivity index (χ2v) is 6.99. The summed E-state index contributed by atoms with van der Waals surface area (Å²) < 4.78 is 1.92. The zero-order valence-corrected chi connectivity index (χ0v) is 16.4. The van der Waals surface area contributed by atoms with Crippen LogP contribution in [0.1, 0.15) is 52.3 Å². The SMILES string of the molecule is C=C(/C=C(\C)C(CCC)CCC)n1c(C)nc(=O)c2c(Cl)cccc21. The third kappa shape index (κ3) is 4.21. The minimum Gasteiger partial charge on any atom is -0.298 e. The fraction of sp³-hybridized carbons (Fsp3) is 0.429. The van der Waals surface area contributed by atoms with Gasteiger partial charge < -0.3 is 0 Å². The first kappa shape index (κ1) is 19.5. The van der Waals surface area contributed by atoms with Crippen molar-refractivity contribution in [2.45, 2.75) is 53.4 Å². The minimum atomic E-state index is -0.294. The van der Waals surface area contributed by atoms with Crippen molar-refractivity contribution in [1.82, 2.24) is 9.55 Å². The maximum Gasteiger partial charge on any atom is 0.282 e. The Hall–Kier alpha value is -1.87. The van der Waals surface area contributed by atoms with Crippen molar-refractivity contribution in [1.29, 1.82) is 0 Å². The fourth-order valence-corrected chi connectivity index (χ4v) is 3.69. The second kappa shape index (κ2) is 8.48. The number of benzene rings is 1. The molecule has 0 spiro atoms. The topological polar surface area (TPSA) is 34.9 Å². The largest absolute Gasteiger partial charge is 0.298 e. The van der Waals surface area contributed by atoms with Gasteiger partial charge in [-0.3, -0.25) is 9.36 Å². The molecule has 1 heterocycles. The van der Waals surface area contributed by atoms with Crippen molar-refractivity contribution in [2.75, 3.05) is 0 Å². The molecular weight excluding hydrogens is 332 g/mol. The van der Waals surface area contributed by atoms with Gasteiger partial charge >= 0.3 is 0 Å². The van der Waals surface area contributed by atoms with Crippen molar-refractivity contribution in [3.8, 4) is 0 Å². The van der Waals surface area contributed by atoms with Gasteiger partial charge in [-0.1, -0.05) is 56.5 Å². The molecule has 0 aliphatic carbocycles. The van der Waals surface area contributed by atoms with E-state index in [0.717, 1.165) is 11.2 Å². The summed E-state index contributed by atoms with van der Waals surface area (Å²) in [6, 6.07) is 5.46. The van der Waals surface area contributed by atoms with Gasteiger partial charge in [-0.25, -0.2) is 0 Å². The summed E-state index contributed by atoms with van der Waals surface area (Å²) in [5.41, 5.74) is 2.59. The molecule has 0 unspecified atom stereocenters. The van der Waals surface area contributed by atoms with E-state index >= 15 is 0 Å². The average Bonchev–Trinajstić information content (AvgIpc) is 2.54. The lowest BCUT2D eigenvalue weighted by atomic mass is 9.90. The predicted molar refractivity (Wildman–Crippen MR) is 108 cm³/mol. The van der Waals surface area contributed by atoms with E-state index in [-0.39, 0.29) is 5.56 Å². The summed E-state index contributed by atoms with van der Waals surface area (Å²) in [5, 5.41) is 0.868. The molecule has 0 bridgehead atoms. The molecule has 0 saturated carbocycles. The summed E-state index contributed by atoms with van der Waals surface area (Å²) >= 11 is 6.23. The molecule has 2 rings (SSSR count). The Morgan fingerprint density at radius 1 is 1.32 bits per heavy atom. The number of halogens is 1. The van der Waals surface area contributed by atoms with E-state index in [9.17, 15) is 4.79 Å². The third-order valence-corrected chi connectivity index (χ3v) is 4.95. The van der Waals surface area contributed by atoms with E-state index in [1.54, 1.807) is 6.07 Å². The van der Waals surface area contributed by atoms with Gasteiger partial charge in [0.05, 0.1) is 15.9 Å². The van der Waals surface area contributed by atoms with Gasteiger partial charge in [-0.2, -0.15) is 4.98 Å². The Labute approximate surface area is 155 Å². The molecule has 134 valence electrons. The molecule has 0 amide bonds. The van der Waals surface area contributed by atoms with Crippen molar-refractivity contribution in [2.24, 2.45) is 5.92 Å². The maximum absolute atomic E-state index is 12.2. The van der Waals surface area contributed by atoms with E-state index in [1.165, 1.54) is 31.3 Å². The quantitative estimate of drug-likeness (QED) is 0.569. The highest BCUT2D eigenvalue weighted by Crippen LogP contribution is 2.27. The monoisotopic (exact) mass is 358 g/mol. The van der Waals surface area contributed by atoms with Crippen LogP contribution in [0.5, 0.6) is 0 Å². The van der Waals surface area contributed by atoms with Gasteiger partial charge in [0.2, 0.25) is 0 Å². The van der Waals surface area contributed by atoms with Crippen molar-refractivity contribution < 1.29 is 0 Å². The highest BCUT2D eigenvalue weighted by atomic mass is 35.5. The van der Waals surface area contributed by atoms with Crippen LogP contribution in [-0.4, -0.2) is 9.55 Å². The lowest BCUT2D eigenvalue weighted by Gasteiger charge is -2.19. The summed E-state index contributed by atoms with van der Waals surface area (Å²) in [6.45, 7) is 12.7. The average molecular weight is 359 g/mol. The number of rotatable bonds is 7. The van der Waals surface area contributed by atoms with Crippen LogP contribution < -0.4 is 5.56 Å². The molecule has 0 aliphatic rings. The Bertz CT molecular complexity index is 858. The fourth-order valence-electron chi connectivity index (χ4n) is 3.44. The molecular formula is C21H27ClN2O. The van der Waals surface area contributed by atoms with E-state index in [2.05, 4.69) is 38.4 Å². The second-order valence-electron chi connectivity index (χ2n) is 6.59. The number of nitrogens with zero attached hydrogens (tertiary/aromatic N) is 2. The van der Waals surface area contributed by atoms with Gasteiger partial charge in [-0.15, -0.1) is 0 Å². The normalized spacial score (nSPS) is 12.2. The van der Waals surface area contributed by atoms with Gasteiger partial charge in [0.25, 0.3) is 5.56 Å². The Morgan fingerprint density at radius 3 is 2.56 bits per heavy atom. The third-order valence-electron chi connectivity index (χ3n) is 4.63. The first-order chi connectivity index (χ1) is 11.9. The first-order valence-electron chi connectivity index (χ1n) is 8.96. The minimum absolute atomic E-state index is 0.294. The van der Waals surface area contributed by atoms with Crippen molar-refractivity contribution in [3.63, 3.8) is 0 Å². The van der Waals surface area contributed by atoms with Crippen LogP contribution >= 0.6 is 11.6 Å². The Balaban J connectivity index is 2.54. The number of aromatic nitrogens is 2. The Kier molecular flexibility index (Phi) is 6.60. The number of hydrogen-bond donors (Lipinski definition) is 0. The van der Waals surface area contributed by atoms with Crippen molar-refractivity contribution >= 4 is 28.2 Å². The Morgan fingerprint density at radius 2 is 1.96 bits per heavy atom. The number of allylic oxidation sites excluding steroid dienone is 3. The van der Waals surface area contributed by atoms with Crippen LogP contribution in [0.25, 0.3) is 16.6 Å². The van der Waals surface area contributed by atoms with E-state index in [0.29, 0.717) is 22.2 Å². The zero-order chi connectivity index (χ0) is 18.6. The van der Waals surface area contributed by atoms with Gasteiger partial charge in [0.1, 0.15) is 5.82 Å². The van der Waals surface area contributed by atoms with Gasteiger partial charge in [-0.05, 0) is 50.8 Å². The summed E-state index contributed by atoms with van der Waals surface area (Å²) in [5.74, 6) is 1.19. The molecule has 0 atom stereocenters. The molecule has 0 aliphatic heterocycles. The molecule has 2 aromatic rings. The smallest absolute Gasteiger partial charge is 0.282 e. The highest BCUT2D eigenvalue weighted by molar-refractivity contribution is 6.35. The molecule has 25 heavy (non-hydrogen) atoms. The number of aryl methyl sites for hydroxylation is 1. The van der Waals surface area contributed by atoms with Crippen LogP contribution in [0.2, 0.25) is 5.02 Å². The van der Waals surface area contributed by atoms with Gasteiger partial charge in [0.15, 0.2) is 0 Å². The number of hydrogen-bond acceptors (Lipinski definition) is 2.